The van der Waals surface area contributed by atoms with Crippen molar-refractivity contribution in [2.24, 2.45) is 5.10 Å². The summed E-state index contributed by atoms with van der Waals surface area (Å²) in [6.07, 6.45) is 1.58. The fraction of sp³-hybridized carbons (Fsp3) is 0.150. The molecule has 2 aromatic carbocycles. The molecule has 0 fully saturated rings. The van der Waals surface area contributed by atoms with E-state index in [1.54, 1.807) is 24.4 Å². The zero-order valence-corrected chi connectivity index (χ0v) is 14.5. The molecule has 1 amide bonds. The molecule has 0 aliphatic carbocycles. The van der Waals surface area contributed by atoms with Gasteiger partial charge < -0.3 is 0 Å². The minimum absolute atomic E-state index is 0.275. The van der Waals surface area contributed by atoms with Crippen molar-refractivity contribution in [3.05, 3.63) is 77.2 Å². The Balaban J connectivity index is 1.62. The van der Waals surface area contributed by atoms with Crippen LogP contribution in [0.15, 0.2) is 59.7 Å². The van der Waals surface area contributed by atoms with Gasteiger partial charge in [0.2, 0.25) is 0 Å². The number of nitrogens with one attached hydrogen (secondary N) is 2. The van der Waals surface area contributed by atoms with Crippen molar-refractivity contribution in [1.82, 2.24) is 15.6 Å². The van der Waals surface area contributed by atoms with Crippen LogP contribution in [-0.2, 0) is 0 Å². The average Bonchev–Trinajstić information content (AvgIpc) is 3.13. The van der Waals surface area contributed by atoms with Gasteiger partial charge in [-0.15, -0.1) is 0 Å². The summed E-state index contributed by atoms with van der Waals surface area (Å²) in [5, 5.41) is 10.7. The molecular weight excluding hydrogens is 331 g/mol. The molecule has 5 nitrogen and oxygen atoms in total. The Morgan fingerprint density at radius 2 is 1.85 bits per heavy atom. The van der Waals surface area contributed by atoms with E-state index < -0.39 is 5.91 Å². The molecule has 0 unspecified atom stereocenters. The van der Waals surface area contributed by atoms with Gasteiger partial charge in [0.1, 0.15) is 11.5 Å². The Hall–Kier alpha value is -3.28. The summed E-state index contributed by atoms with van der Waals surface area (Å²) in [6.45, 7) is 4.27. The number of carbonyl (C=O) groups excluding carboxylic acids is 1. The van der Waals surface area contributed by atoms with E-state index in [0.29, 0.717) is 11.6 Å². The number of hydrogen-bond acceptors (Lipinski definition) is 3. The van der Waals surface area contributed by atoms with Crippen LogP contribution >= 0.6 is 0 Å². The number of benzene rings is 2. The molecule has 0 saturated heterocycles. The number of aromatic amines is 1. The molecule has 132 valence electrons. The van der Waals surface area contributed by atoms with Crippen LogP contribution in [0.5, 0.6) is 0 Å². The van der Waals surface area contributed by atoms with Crippen LogP contribution in [0.25, 0.3) is 11.3 Å². The first kappa shape index (κ1) is 17.5. The third-order valence-electron chi connectivity index (χ3n) is 3.95. The summed E-state index contributed by atoms with van der Waals surface area (Å²) in [7, 11) is 0. The first-order chi connectivity index (χ1) is 12.5. The van der Waals surface area contributed by atoms with E-state index in [1.807, 2.05) is 24.3 Å². The first-order valence-electron chi connectivity index (χ1n) is 8.27. The highest BCUT2D eigenvalue weighted by Gasteiger charge is 2.10. The van der Waals surface area contributed by atoms with Crippen molar-refractivity contribution in [3.8, 4) is 11.3 Å². The Morgan fingerprint density at radius 1 is 1.15 bits per heavy atom. The number of nitrogens with zero attached hydrogens (tertiary/aromatic N) is 2. The van der Waals surface area contributed by atoms with E-state index in [9.17, 15) is 9.18 Å². The van der Waals surface area contributed by atoms with E-state index in [0.717, 1.165) is 11.1 Å². The molecule has 0 aliphatic heterocycles. The Bertz CT molecular complexity index is 912. The van der Waals surface area contributed by atoms with Crippen LogP contribution < -0.4 is 5.43 Å². The zero-order valence-electron chi connectivity index (χ0n) is 14.5. The molecule has 6 heteroatoms. The summed E-state index contributed by atoms with van der Waals surface area (Å²) >= 11 is 0. The van der Waals surface area contributed by atoms with Crippen molar-refractivity contribution >= 4 is 12.1 Å². The number of halogens is 1. The minimum atomic E-state index is -0.402. The largest absolute Gasteiger partial charge is 0.289 e. The van der Waals surface area contributed by atoms with Crippen LogP contribution in [0, 0.1) is 5.82 Å². The van der Waals surface area contributed by atoms with Gasteiger partial charge in [0.25, 0.3) is 5.91 Å². The molecule has 2 N–H and O–H groups in total. The van der Waals surface area contributed by atoms with E-state index in [-0.39, 0.29) is 11.5 Å². The highest BCUT2D eigenvalue weighted by Crippen LogP contribution is 2.18. The highest BCUT2D eigenvalue weighted by molar-refractivity contribution is 5.94. The highest BCUT2D eigenvalue weighted by atomic mass is 19.1. The number of amides is 1. The summed E-state index contributed by atoms with van der Waals surface area (Å²) in [4.78, 5) is 12.1. The van der Waals surface area contributed by atoms with Crippen LogP contribution in [0.1, 0.15) is 41.4 Å². The van der Waals surface area contributed by atoms with Crippen LogP contribution in [0.4, 0.5) is 4.39 Å². The smallest absolute Gasteiger partial charge is 0.272 e. The van der Waals surface area contributed by atoms with Crippen molar-refractivity contribution in [1.29, 1.82) is 0 Å². The van der Waals surface area contributed by atoms with Gasteiger partial charge in [-0.3, -0.25) is 9.89 Å². The van der Waals surface area contributed by atoms with Crippen LogP contribution in [0.3, 0.4) is 0 Å². The molecule has 0 atom stereocenters. The van der Waals surface area contributed by atoms with Gasteiger partial charge in [-0.05, 0) is 47.4 Å². The van der Waals surface area contributed by atoms with Crippen molar-refractivity contribution in [2.45, 2.75) is 19.8 Å². The fourth-order valence-electron chi connectivity index (χ4n) is 2.40. The molecule has 0 radical (unpaired) electrons. The monoisotopic (exact) mass is 350 g/mol. The zero-order chi connectivity index (χ0) is 18.5. The number of H-pyrrole nitrogens is 1. The molecule has 3 aromatic rings. The molecule has 0 aliphatic rings. The Kier molecular flexibility index (Phi) is 5.22. The molecule has 3 rings (SSSR count). The number of hydrogen-bond donors (Lipinski definition) is 2. The fourth-order valence-corrected chi connectivity index (χ4v) is 2.40. The van der Waals surface area contributed by atoms with Gasteiger partial charge in [0, 0.05) is 5.56 Å². The molecule has 1 aromatic heterocycles. The second-order valence-corrected chi connectivity index (χ2v) is 6.19. The second kappa shape index (κ2) is 7.74. The van der Waals surface area contributed by atoms with Crippen molar-refractivity contribution in [2.75, 3.05) is 0 Å². The lowest BCUT2D eigenvalue weighted by molar-refractivity contribution is 0.0950. The van der Waals surface area contributed by atoms with Gasteiger partial charge in [-0.25, -0.2) is 9.82 Å². The van der Waals surface area contributed by atoms with E-state index in [1.165, 1.54) is 17.7 Å². The van der Waals surface area contributed by atoms with Crippen LogP contribution in [0.2, 0.25) is 0 Å². The summed E-state index contributed by atoms with van der Waals surface area (Å²) < 4.78 is 13.0. The normalized spacial score (nSPS) is 11.2. The molecule has 0 bridgehead atoms. The van der Waals surface area contributed by atoms with Gasteiger partial charge in [0.05, 0.1) is 11.9 Å². The third kappa shape index (κ3) is 4.22. The average molecular weight is 350 g/mol. The van der Waals surface area contributed by atoms with E-state index >= 15 is 0 Å². The SMILES string of the molecule is CC(C)c1ccc(C=NNC(=O)c2cc(-c3ccc(F)cc3)n[nH]2)cc1. The van der Waals surface area contributed by atoms with E-state index in [2.05, 4.69) is 34.6 Å². The standard InChI is InChI=1S/C20H19FN4O/c1-13(2)15-5-3-14(4-6-15)12-22-25-20(26)19-11-18(23-24-19)16-7-9-17(21)10-8-16/h3-13H,1-2H3,(H,23,24)(H,25,26). The number of rotatable bonds is 5. The van der Waals surface area contributed by atoms with Crippen molar-refractivity contribution in [3.63, 3.8) is 0 Å². The lowest BCUT2D eigenvalue weighted by Crippen LogP contribution is -2.18. The topological polar surface area (TPSA) is 70.1 Å². The minimum Gasteiger partial charge on any atom is -0.272 e. The molecule has 26 heavy (non-hydrogen) atoms. The van der Waals surface area contributed by atoms with Crippen molar-refractivity contribution < 1.29 is 9.18 Å². The number of carbonyl (C=O) groups is 1. The van der Waals surface area contributed by atoms with Gasteiger partial charge >= 0.3 is 0 Å². The van der Waals surface area contributed by atoms with Crippen LogP contribution in [-0.4, -0.2) is 22.3 Å². The Labute approximate surface area is 151 Å². The number of hydrazone groups is 1. The lowest BCUT2D eigenvalue weighted by Gasteiger charge is -2.04. The predicted molar refractivity (Wildman–Crippen MR) is 99.6 cm³/mol. The lowest BCUT2D eigenvalue weighted by atomic mass is 10.0. The summed E-state index contributed by atoms with van der Waals surface area (Å²) in [5.41, 5.74) is 6.15. The first-order valence-corrected chi connectivity index (χ1v) is 8.27. The maximum Gasteiger partial charge on any atom is 0.289 e. The predicted octanol–water partition coefficient (Wildman–Crippen LogP) is 4.10. The van der Waals surface area contributed by atoms with Gasteiger partial charge in [0.15, 0.2) is 0 Å². The molecule has 1 heterocycles. The van der Waals surface area contributed by atoms with Gasteiger partial charge in [-0.2, -0.15) is 10.2 Å². The van der Waals surface area contributed by atoms with Gasteiger partial charge in [-0.1, -0.05) is 38.1 Å². The quantitative estimate of drug-likeness (QED) is 0.537. The maximum absolute atomic E-state index is 13.0. The van der Waals surface area contributed by atoms with E-state index in [4.69, 9.17) is 0 Å². The molecule has 0 saturated carbocycles. The number of aromatic nitrogens is 2. The molecular formula is C20H19FN4O. The summed E-state index contributed by atoms with van der Waals surface area (Å²) in [5.74, 6) is -0.254. The molecule has 0 spiro atoms. The Morgan fingerprint density at radius 3 is 2.50 bits per heavy atom. The second-order valence-electron chi connectivity index (χ2n) is 6.19. The summed E-state index contributed by atoms with van der Waals surface area (Å²) in [6, 6.07) is 15.5. The maximum atomic E-state index is 13.0. The third-order valence-corrected chi connectivity index (χ3v) is 3.95.